The topological polar surface area (TPSA) is 42.0 Å². The van der Waals surface area contributed by atoms with Crippen LogP contribution in [-0.4, -0.2) is 16.9 Å². The van der Waals surface area contributed by atoms with Gasteiger partial charge in [-0.2, -0.15) is 0 Å². The average molecular weight is 218 g/mol. The maximum absolute atomic E-state index is 11.6. The molecule has 0 spiro atoms. The normalized spacial score (nSPS) is 16.2. The first-order valence-corrected chi connectivity index (χ1v) is 6.03. The maximum Gasteiger partial charge on any atom is 0.220 e. The van der Waals surface area contributed by atoms with Crippen molar-refractivity contribution in [3.8, 4) is 0 Å². The van der Waals surface area contributed by atoms with E-state index in [-0.39, 0.29) is 5.91 Å². The molecule has 0 bridgehead atoms. The standard InChI is InChI=1S/C13H18N2O/c16-13(15-12-5-1-2-6-12)8-7-11-4-3-9-14-10-11/h3-4,9-10,12H,1-2,5-8H2,(H,15,16). The Labute approximate surface area is 96.3 Å². The van der Waals surface area contributed by atoms with Crippen LogP contribution in [0.2, 0.25) is 0 Å². The summed E-state index contributed by atoms with van der Waals surface area (Å²) in [4.78, 5) is 15.7. The number of nitrogens with zero attached hydrogens (tertiary/aromatic N) is 1. The summed E-state index contributed by atoms with van der Waals surface area (Å²) in [5.41, 5.74) is 1.13. The minimum Gasteiger partial charge on any atom is -0.353 e. The quantitative estimate of drug-likeness (QED) is 0.840. The number of carbonyl (C=O) groups is 1. The number of pyridine rings is 1. The van der Waals surface area contributed by atoms with Gasteiger partial charge >= 0.3 is 0 Å². The molecule has 0 unspecified atom stereocenters. The van der Waals surface area contributed by atoms with E-state index in [0.29, 0.717) is 12.5 Å². The van der Waals surface area contributed by atoms with Crippen LogP contribution in [0.3, 0.4) is 0 Å². The SMILES string of the molecule is O=C(CCc1cccnc1)NC1CCCC1. The van der Waals surface area contributed by atoms with Crippen LogP contribution in [0.15, 0.2) is 24.5 Å². The summed E-state index contributed by atoms with van der Waals surface area (Å²) >= 11 is 0. The lowest BCUT2D eigenvalue weighted by Crippen LogP contribution is -2.32. The summed E-state index contributed by atoms with van der Waals surface area (Å²) in [5.74, 6) is 0.177. The number of aryl methyl sites for hydroxylation is 1. The number of hydrogen-bond donors (Lipinski definition) is 1. The second kappa shape index (κ2) is 5.64. The lowest BCUT2D eigenvalue weighted by molar-refractivity contribution is -0.121. The van der Waals surface area contributed by atoms with E-state index in [2.05, 4.69) is 10.3 Å². The van der Waals surface area contributed by atoms with E-state index in [9.17, 15) is 4.79 Å². The zero-order valence-electron chi connectivity index (χ0n) is 9.48. The highest BCUT2D eigenvalue weighted by Crippen LogP contribution is 2.17. The summed E-state index contributed by atoms with van der Waals surface area (Å²) < 4.78 is 0. The Kier molecular flexibility index (Phi) is 3.91. The highest BCUT2D eigenvalue weighted by atomic mass is 16.1. The zero-order valence-corrected chi connectivity index (χ0v) is 9.48. The van der Waals surface area contributed by atoms with Gasteiger partial charge in [0, 0.05) is 24.9 Å². The van der Waals surface area contributed by atoms with Crippen LogP contribution in [0, 0.1) is 0 Å². The fourth-order valence-electron chi connectivity index (χ4n) is 2.17. The average Bonchev–Trinajstić information content (AvgIpc) is 2.81. The molecule has 0 aliphatic heterocycles. The van der Waals surface area contributed by atoms with Gasteiger partial charge in [0.1, 0.15) is 0 Å². The minimum absolute atomic E-state index is 0.177. The van der Waals surface area contributed by atoms with Crippen molar-refractivity contribution >= 4 is 5.91 Å². The molecule has 2 rings (SSSR count). The minimum atomic E-state index is 0.177. The Morgan fingerprint density at radius 2 is 2.25 bits per heavy atom. The first-order valence-electron chi connectivity index (χ1n) is 6.03. The summed E-state index contributed by atoms with van der Waals surface area (Å²) in [6.07, 6.45) is 9.75. The zero-order chi connectivity index (χ0) is 11.2. The Morgan fingerprint density at radius 3 is 2.94 bits per heavy atom. The third-order valence-corrected chi connectivity index (χ3v) is 3.08. The number of nitrogens with one attached hydrogen (secondary N) is 1. The molecule has 1 aliphatic carbocycles. The van der Waals surface area contributed by atoms with Gasteiger partial charge in [-0.25, -0.2) is 0 Å². The van der Waals surface area contributed by atoms with Gasteiger partial charge in [0.15, 0.2) is 0 Å². The number of carbonyl (C=O) groups excluding carboxylic acids is 1. The van der Waals surface area contributed by atoms with Gasteiger partial charge in [0.2, 0.25) is 5.91 Å². The molecule has 86 valence electrons. The van der Waals surface area contributed by atoms with Crippen molar-refractivity contribution in [2.75, 3.05) is 0 Å². The van der Waals surface area contributed by atoms with Gasteiger partial charge in [-0.05, 0) is 30.9 Å². The van der Waals surface area contributed by atoms with Crippen molar-refractivity contribution in [3.63, 3.8) is 0 Å². The highest BCUT2D eigenvalue weighted by Gasteiger charge is 2.16. The van der Waals surface area contributed by atoms with E-state index in [1.54, 1.807) is 6.20 Å². The summed E-state index contributed by atoms with van der Waals surface area (Å²) in [5, 5.41) is 3.09. The number of amides is 1. The van der Waals surface area contributed by atoms with Crippen molar-refractivity contribution in [1.29, 1.82) is 0 Å². The molecule has 1 heterocycles. The van der Waals surface area contributed by atoms with Crippen LogP contribution in [0.4, 0.5) is 0 Å². The predicted octanol–water partition coefficient (Wildman–Crippen LogP) is 2.07. The van der Waals surface area contributed by atoms with Crippen LogP contribution in [-0.2, 0) is 11.2 Å². The van der Waals surface area contributed by atoms with Gasteiger partial charge in [0.25, 0.3) is 0 Å². The van der Waals surface area contributed by atoms with E-state index in [1.807, 2.05) is 18.3 Å². The lowest BCUT2D eigenvalue weighted by Gasteiger charge is -2.11. The molecule has 1 fully saturated rings. The van der Waals surface area contributed by atoms with Gasteiger partial charge in [-0.15, -0.1) is 0 Å². The lowest BCUT2D eigenvalue weighted by atomic mass is 10.1. The second-order valence-electron chi connectivity index (χ2n) is 4.41. The molecule has 3 heteroatoms. The first kappa shape index (κ1) is 11.1. The molecule has 0 saturated heterocycles. The molecule has 0 aromatic carbocycles. The van der Waals surface area contributed by atoms with Crippen LogP contribution < -0.4 is 5.32 Å². The molecule has 1 amide bonds. The monoisotopic (exact) mass is 218 g/mol. The molecule has 3 nitrogen and oxygen atoms in total. The molecule has 1 aliphatic rings. The molecule has 1 N–H and O–H groups in total. The smallest absolute Gasteiger partial charge is 0.220 e. The molecule has 1 aromatic rings. The van der Waals surface area contributed by atoms with E-state index in [0.717, 1.165) is 24.8 Å². The number of hydrogen-bond acceptors (Lipinski definition) is 2. The van der Waals surface area contributed by atoms with Crippen molar-refractivity contribution in [1.82, 2.24) is 10.3 Å². The van der Waals surface area contributed by atoms with Crippen LogP contribution in [0.5, 0.6) is 0 Å². The fourth-order valence-corrected chi connectivity index (χ4v) is 2.17. The summed E-state index contributed by atoms with van der Waals surface area (Å²) in [6.45, 7) is 0. The fraction of sp³-hybridized carbons (Fsp3) is 0.538. The third kappa shape index (κ3) is 3.33. The van der Waals surface area contributed by atoms with Crippen molar-refractivity contribution < 1.29 is 4.79 Å². The van der Waals surface area contributed by atoms with Crippen molar-refractivity contribution in [2.45, 2.75) is 44.6 Å². The first-order chi connectivity index (χ1) is 7.84. The van der Waals surface area contributed by atoms with Gasteiger partial charge < -0.3 is 5.32 Å². The maximum atomic E-state index is 11.6. The molecule has 0 radical (unpaired) electrons. The highest BCUT2D eigenvalue weighted by molar-refractivity contribution is 5.76. The van der Waals surface area contributed by atoms with Crippen LogP contribution in [0.25, 0.3) is 0 Å². The van der Waals surface area contributed by atoms with Crippen molar-refractivity contribution in [3.05, 3.63) is 30.1 Å². The van der Waals surface area contributed by atoms with Crippen molar-refractivity contribution in [2.24, 2.45) is 0 Å². The van der Waals surface area contributed by atoms with Gasteiger partial charge in [0.05, 0.1) is 0 Å². The number of rotatable bonds is 4. The molecule has 0 atom stereocenters. The van der Waals surface area contributed by atoms with Gasteiger partial charge in [-0.3, -0.25) is 9.78 Å². The van der Waals surface area contributed by atoms with Crippen LogP contribution in [0.1, 0.15) is 37.7 Å². The number of aromatic nitrogens is 1. The van der Waals surface area contributed by atoms with E-state index in [4.69, 9.17) is 0 Å². The third-order valence-electron chi connectivity index (χ3n) is 3.08. The molecular formula is C13H18N2O. The van der Waals surface area contributed by atoms with E-state index >= 15 is 0 Å². The van der Waals surface area contributed by atoms with Gasteiger partial charge in [-0.1, -0.05) is 18.9 Å². The summed E-state index contributed by atoms with van der Waals surface area (Å²) in [7, 11) is 0. The Bertz CT molecular complexity index is 331. The largest absolute Gasteiger partial charge is 0.353 e. The molecule has 1 aromatic heterocycles. The molecule has 1 saturated carbocycles. The van der Waals surface area contributed by atoms with E-state index < -0.39 is 0 Å². The predicted molar refractivity (Wildman–Crippen MR) is 63.0 cm³/mol. The molecule has 16 heavy (non-hydrogen) atoms. The second-order valence-corrected chi connectivity index (χ2v) is 4.41. The summed E-state index contributed by atoms with van der Waals surface area (Å²) in [6, 6.07) is 4.35. The van der Waals surface area contributed by atoms with E-state index in [1.165, 1.54) is 12.8 Å². The Balaban J connectivity index is 1.71. The van der Waals surface area contributed by atoms with Crippen LogP contribution >= 0.6 is 0 Å². The molecular weight excluding hydrogens is 200 g/mol. The Morgan fingerprint density at radius 1 is 1.44 bits per heavy atom. The Hall–Kier alpha value is -1.38.